The maximum absolute atomic E-state index is 13.4. The number of benzene rings is 1. The second-order valence-corrected chi connectivity index (χ2v) is 8.80. The van der Waals surface area contributed by atoms with Crippen LogP contribution in [0.15, 0.2) is 52.1 Å². The molecule has 0 amide bonds. The summed E-state index contributed by atoms with van der Waals surface area (Å²) in [4.78, 5) is 26.8. The number of rotatable bonds is 1. The van der Waals surface area contributed by atoms with Gasteiger partial charge in [-0.1, -0.05) is 30.4 Å². The molecular formula is C20H19N3O4. The van der Waals surface area contributed by atoms with Gasteiger partial charge in [-0.05, 0) is 26.0 Å². The molecule has 0 spiro atoms. The second-order valence-electron chi connectivity index (χ2n) is 8.80. The number of hydrogen-bond acceptors (Lipinski definition) is 4. The van der Waals surface area contributed by atoms with Crippen molar-refractivity contribution < 1.29 is 9.47 Å². The lowest BCUT2D eigenvalue weighted by Gasteiger charge is -2.67. The monoisotopic (exact) mass is 365 g/mol. The molecule has 1 saturated carbocycles. The molecule has 7 nitrogen and oxygen atoms in total. The molecule has 138 valence electrons. The molecule has 8 rings (SSSR count). The highest BCUT2D eigenvalue weighted by molar-refractivity contribution is 5.51. The summed E-state index contributed by atoms with van der Waals surface area (Å²) in [5, 5.41) is 0. The van der Waals surface area contributed by atoms with E-state index in [0.29, 0.717) is 18.9 Å². The first-order chi connectivity index (χ1) is 12.9. The lowest BCUT2D eigenvalue weighted by Crippen LogP contribution is -2.79. The van der Waals surface area contributed by atoms with E-state index in [9.17, 15) is 9.59 Å². The van der Waals surface area contributed by atoms with E-state index in [0.717, 1.165) is 0 Å². The van der Waals surface area contributed by atoms with E-state index in [2.05, 4.69) is 26.0 Å². The van der Waals surface area contributed by atoms with Gasteiger partial charge in [-0.2, -0.15) is 0 Å². The Morgan fingerprint density at radius 1 is 0.889 bits per heavy atom. The average molecular weight is 365 g/mol. The number of ether oxygens (including phenoxy) is 2. The van der Waals surface area contributed by atoms with Gasteiger partial charge in [-0.15, -0.1) is 0 Å². The molecule has 0 N–H and O–H groups in total. The van der Waals surface area contributed by atoms with E-state index < -0.39 is 0 Å². The Morgan fingerprint density at radius 3 is 1.93 bits per heavy atom. The first-order valence-electron chi connectivity index (χ1n) is 9.42. The number of allylic oxidation sites excluding steroid dienone is 2. The van der Waals surface area contributed by atoms with Gasteiger partial charge >= 0.3 is 11.4 Å². The van der Waals surface area contributed by atoms with Gasteiger partial charge in [0.1, 0.15) is 11.2 Å². The summed E-state index contributed by atoms with van der Waals surface area (Å²) < 4.78 is 16.9. The third-order valence-corrected chi connectivity index (χ3v) is 8.47. The van der Waals surface area contributed by atoms with Crippen LogP contribution in [0.1, 0.15) is 25.9 Å². The van der Waals surface area contributed by atoms with E-state index in [-0.39, 0.29) is 45.5 Å². The highest BCUT2D eigenvalue weighted by atomic mass is 16.7. The highest BCUT2D eigenvalue weighted by Crippen LogP contribution is 2.91. The van der Waals surface area contributed by atoms with Crippen molar-refractivity contribution in [2.75, 3.05) is 13.2 Å². The fourth-order valence-corrected chi connectivity index (χ4v) is 7.27. The van der Waals surface area contributed by atoms with Crippen LogP contribution in [-0.2, 0) is 9.47 Å². The van der Waals surface area contributed by atoms with E-state index in [1.165, 1.54) is 4.57 Å². The molecule has 2 aromatic rings. The predicted molar refractivity (Wildman–Crippen MR) is 95.1 cm³/mol. The molecule has 2 saturated heterocycles. The van der Waals surface area contributed by atoms with E-state index in [1.54, 1.807) is 21.5 Å². The van der Waals surface area contributed by atoms with Crippen LogP contribution in [-0.4, -0.2) is 38.3 Å². The zero-order valence-electron chi connectivity index (χ0n) is 15.1. The molecule has 0 unspecified atom stereocenters. The molecule has 1 aromatic carbocycles. The Hall–Kier alpha value is -2.38. The van der Waals surface area contributed by atoms with E-state index >= 15 is 0 Å². The van der Waals surface area contributed by atoms with Gasteiger partial charge < -0.3 is 9.47 Å². The molecule has 5 heterocycles. The van der Waals surface area contributed by atoms with Gasteiger partial charge in [0.25, 0.3) is 0 Å². The standard InChI is InChI=1S/C20H19N3O4/c1-17-18(2,27-17)20-11-26-10-19(17,20)13-8-9-14(20)23-16(25)21(15(24)22(13)23)12-6-4-3-5-7-12/h3-9,13-14H,10-11H2,1-2H3/t13-,14+,17-,18+,19-,20+. The van der Waals surface area contributed by atoms with Gasteiger partial charge in [0, 0.05) is 0 Å². The average Bonchev–Trinajstić information content (AvgIpc) is 3.01. The molecule has 4 aliphatic heterocycles. The van der Waals surface area contributed by atoms with E-state index in [1.807, 2.05) is 18.2 Å². The van der Waals surface area contributed by atoms with Crippen molar-refractivity contribution in [1.29, 1.82) is 0 Å². The van der Waals surface area contributed by atoms with Crippen LogP contribution in [0.3, 0.4) is 0 Å². The molecule has 1 aromatic heterocycles. The maximum Gasteiger partial charge on any atom is 0.352 e. The summed E-state index contributed by atoms with van der Waals surface area (Å²) in [5.74, 6) is 0. The molecule has 6 atom stereocenters. The van der Waals surface area contributed by atoms with Crippen LogP contribution in [0.2, 0.25) is 0 Å². The molecule has 7 heteroatoms. The van der Waals surface area contributed by atoms with Crippen molar-refractivity contribution in [3.63, 3.8) is 0 Å². The van der Waals surface area contributed by atoms with Crippen molar-refractivity contribution in [3.05, 3.63) is 63.5 Å². The fraction of sp³-hybridized carbons (Fsp3) is 0.500. The molecular weight excluding hydrogens is 346 g/mol. The van der Waals surface area contributed by atoms with Gasteiger partial charge in [-0.3, -0.25) is 0 Å². The van der Waals surface area contributed by atoms with Crippen molar-refractivity contribution in [1.82, 2.24) is 13.9 Å². The van der Waals surface area contributed by atoms with E-state index in [4.69, 9.17) is 9.47 Å². The minimum absolute atomic E-state index is 0.240. The Bertz CT molecular complexity index is 1120. The van der Waals surface area contributed by atoms with Gasteiger partial charge in [0.15, 0.2) is 0 Å². The second kappa shape index (κ2) is 3.77. The third kappa shape index (κ3) is 1.05. The smallest absolute Gasteiger partial charge is 0.352 e. The number of nitrogens with zero attached hydrogens (tertiary/aromatic N) is 3. The minimum atomic E-state index is -0.320. The Kier molecular flexibility index (Phi) is 2.05. The highest BCUT2D eigenvalue weighted by Gasteiger charge is 3.02. The molecule has 2 aliphatic carbocycles. The van der Waals surface area contributed by atoms with Crippen LogP contribution < -0.4 is 11.4 Å². The van der Waals surface area contributed by atoms with Gasteiger partial charge in [-0.25, -0.2) is 23.5 Å². The summed E-state index contributed by atoms with van der Waals surface area (Å²) in [6, 6.07) is 8.66. The predicted octanol–water partition coefficient (Wildman–Crippen LogP) is 1.03. The van der Waals surface area contributed by atoms with Gasteiger partial charge in [0.05, 0.1) is 41.8 Å². The zero-order valence-corrected chi connectivity index (χ0v) is 15.1. The molecule has 27 heavy (non-hydrogen) atoms. The number of fused-ring (bicyclic) bond motifs is 1. The van der Waals surface area contributed by atoms with Crippen LogP contribution in [0.25, 0.3) is 5.69 Å². The number of epoxide rings is 1. The van der Waals surface area contributed by atoms with Crippen molar-refractivity contribution >= 4 is 0 Å². The van der Waals surface area contributed by atoms with Crippen LogP contribution in [0.4, 0.5) is 0 Å². The third-order valence-electron chi connectivity index (χ3n) is 8.47. The summed E-state index contributed by atoms with van der Waals surface area (Å²) >= 11 is 0. The normalized spacial score (nSPS) is 47.0. The molecule has 3 fully saturated rings. The topological polar surface area (TPSA) is 70.7 Å². The summed E-state index contributed by atoms with van der Waals surface area (Å²) in [7, 11) is 0. The minimum Gasteiger partial charge on any atom is -0.380 e. The van der Waals surface area contributed by atoms with Crippen molar-refractivity contribution in [2.45, 2.75) is 37.1 Å². The van der Waals surface area contributed by atoms with Crippen LogP contribution >= 0.6 is 0 Å². The lowest BCUT2D eigenvalue weighted by molar-refractivity contribution is -0.165. The lowest BCUT2D eigenvalue weighted by atomic mass is 9.34. The number of hydrogen-bond donors (Lipinski definition) is 0. The zero-order chi connectivity index (χ0) is 18.4. The van der Waals surface area contributed by atoms with Crippen molar-refractivity contribution in [2.24, 2.45) is 10.8 Å². The van der Waals surface area contributed by atoms with Crippen molar-refractivity contribution in [3.8, 4) is 5.69 Å². The SMILES string of the molecule is C[C@]12O[C@@]1(C)[C@]13COC[C@]21[C@@H]1C=C[C@H]3n2c(=O)n(-c3ccccc3)c(=O)n21. The van der Waals surface area contributed by atoms with Crippen LogP contribution in [0.5, 0.6) is 0 Å². The summed E-state index contributed by atoms with van der Waals surface area (Å²) in [6.45, 7) is 5.38. The molecule has 0 radical (unpaired) electrons. The van der Waals surface area contributed by atoms with Crippen LogP contribution in [0, 0.1) is 10.8 Å². The summed E-state index contributed by atoms with van der Waals surface area (Å²) in [6.07, 6.45) is 4.17. The first kappa shape index (κ1) is 14.6. The summed E-state index contributed by atoms with van der Waals surface area (Å²) in [5.41, 5.74) is -1.22. The Balaban J connectivity index is 1.57. The maximum atomic E-state index is 13.4. The Morgan fingerprint density at radius 2 is 1.41 bits per heavy atom. The quantitative estimate of drug-likeness (QED) is 0.559. The Labute approximate surface area is 154 Å². The number of aromatic nitrogens is 3. The molecule has 2 bridgehead atoms. The largest absolute Gasteiger partial charge is 0.380 e. The molecule has 6 aliphatic rings. The fourth-order valence-electron chi connectivity index (χ4n) is 7.27. The number of para-hydroxylation sites is 1. The first-order valence-corrected chi connectivity index (χ1v) is 9.42. The van der Waals surface area contributed by atoms with Gasteiger partial charge in [0.2, 0.25) is 0 Å².